The summed E-state index contributed by atoms with van der Waals surface area (Å²) in [6, 6.07) is 0. The highest BCUT2D eigenvalue weighted by molar-refractivity contribution is 5.28. The first-order chi connectivity index (χ1) is 8.79. The lowest BCUT2D eigenvalue weighted by Crippen LogP contribution is -2.29. The molecule has 0 aliphatic carbocycles. The fourth-order valence-electron chi connectivity index (χ4n) is 2.08. The molecule has 0 bridgehead atoms. The molecule has 0 spiro atoms. The van der Waals surface area contributed by atoms with E-state index in [9.17, 15) is 0 Å². The highest BCUT2D eigenvalue weighted by Gasteiger charge is 2.18. The molecular weight excluding hydrogens is 228 g/mol. The number of hydrogen-bond acceptors (Lipinski definition) is 5. The van der Waals surface area contributed by atoms with Gasteiger partial charge in [0.1, 0.15) is 0 Å². The van der Waals surface area contributed by atoms with Gasteiger partial charge in [-0.2, -0.15) is 0 Å². The van der Waals surface area contributed by atoms with Crippen LogP contribution in [0.5, 0.6) is 0 Å². The van der Waals surface area contributed by atoms with E-state index in [-0.39, 0.29) is 0 Å². The van der Waals surface area contributed by atoms with Crippen LogP contribution in [-0.4, -0.2) is 42.8 Å². The Kier molecular flexibility index (Phi) is 4.90. The molecule has 2 rings (SSSR count). The molecule has 1 fully saturated rings. The lowest BCUT2D eigenvalue weighted by Gasteiger charge is -2.20. The average Bonchev–Trinajstić information content (AvgIpc) is 2.89. The topological polar surface area (TPSA) is 50.3 Å². The van der Waals surface area contributed by atoms with Crippen molar-refractivity contribution in [3.63, 3.8) is 0 Å². The quantitative estimate of drug-likeness (QED) is 0.822. The van der Waals surface area contributed by atoms with Gasteiger partial charge in [0.25, 0.3) is 0 Å². The van der Waals surface area contributed by atoms with Crippen molar-refractivity contribution in [3.8, 4) is 0 Å². The van der Waals surface area contributed by atoms with Crippen molar-refractivity contribution in [2.45, 2.75) is 32.4 Å². The van der Waals surface area contributed by atoms with Gasteiger partial charge in [0.05, 0.1) is 6.10 Å². The van der Waals surface area contributed by atoms with Gasteiger partial charge in [-0.3, -0.25) is 0 Å². The Morgan fingerprint density at radius 3 is 2.83 bits per heavy atom. The molecule has 1 aromatic rings. The Hall–Kier alpha value is -1.20. The Morgan fingerprint density at radius 1 is 1.44 bits per heavy atom. The van der Waals surface area contributed by atoms with Crippen molar-refractivity contribution in [2.75, 3.05) is 31.6 Å². The smallest absolute Gasteiger partial charge is 0.225 e. The molecule has 1 atom stereocenters. The fourth-order valence-corrected chi connectivity index (χ4v) is 2.08. The summed E-state index contributed by atoms with van der Waals surface area (Å²) in [5.41, 5.74) is 1.12. The standard InChI is InChI=1S/C13H22N4O/c1-3-14-7-11-8-15-13(16-9-11)17(2)10-12-5-4-6-18-12/h8-9,12,14H,3-7,10H2,1-2H3. The van der Waals surface area contributed by atoms with Crippen LogP contribution in [0.3, 0.4) is 0 Å². The Morgan fingerprint density at radius 2 is 2.22 bits per heavy atom. The van der Waals surface area contributed by atoms with Crippen molar-refractivity contribution in [2.24, 2.45) is 0 Å². The number of nitrogens with zero attached hydrogens (tertiary/aromatic N) is 3. The van der Waals surface area contributed by atoms with Crippen LogP contribution in [-0.2, 0) is 11.3 Å². The SMILES string of the molecule is CCNCc1cnc(N(C)CC2CCCO2)nc1. The van der Waals surface area contributed by atoms with E-state index in [2.05, 4.69) is 27.1 Å². The normalized spacial score (nSPS) is 19.1. The minimum absolute atomic E-state index is 0.333. The van der Waals surface area contributed by atoms with Crippen LogP contribution in [0.1, 0.15) is 25.3 Å². The molecule has 5 nitrogen and oxygen atoms in total. The third kappa shape index (κ3) is 3.65. The first-order valence-corrected chi connectivity index (χ1v) is 6.64. The molecule has 18 heavy (non-hydrogen) atoms. The number of anilines is 1. The first-order valence-electron chi connectivity index (χ1n) is 6.64. The molecular formula is C13H22N4O. The maximum absolute atomic E-state index is 5.61. The zero-order chi connectivity index (χ0) is 12.8. The van der Waals surface area contributed by atoms with Crippen LogP contribution >= 0.6 is 0 Å². The van der Waals surface area contributed by atoms with Gasteiger partial charge < -0.3 is 15.0 Å². The Balaban J connectivity index is 1.87. The molecule has 1 aromatic heterocycles. The van der Waals surface area contributed by atoms with Crippen LogP contribution < -0.4 is 10.2 Å². The van der Waals surface area contributed by atoms with Crippen LogP contribution in [0, 0.1) is 0 Å². The number of nitrogens with one attached hydrogen (secondary N) is 1. The number of ether oxygens (including phenoxy) is 1. The van der Waals surface area contributed by atoms with Crippen LogP contribution in [0.25, 0.3) is 0 Å². The van der Waals surface area contributed by atoms with Gasteiger partial charge in [-0.1, -0.05) is 6.92 Å². The van der Waals surface area contributed by atoms with E-state index in [1.807, 2.05) is 19.4 Å². The maximum Gasteiger partial charge on any atom is 0.225 e. The summed E-state index contributed by atoms with van der Waals surface area (Å²) in [6.45, 7) is 5.63. The summed E-state index contributed by atoms with van der Waals surface area (Å²) in [5.74, 6) is 0.769. The van der Waals surface area contributed by atoms with Crippen molar-refractivity contribution in [1.29, 1.82) is 0 Å². The van der Waals surface area contributed by atoms with Crippen molar-refractivity contribution < 1.29 is 4.74 Å². The average molecular weight is 250 g/mol. The van der Waals surface area contributed by atoms with Gasteiger partial charge in [-0.25, -0.2) is 9.97 Å². The van der Waals surface area contributed by atoms with Gasteiger partial charge in [0, 0.05) is 44.7 Å². The van der Waals surface area contributed by atoms with E-state index >= 15 is 0 Å². The summed E-state index contributed by atoms with van der Waals surface area (Å²) >= 11 is 0. The van der Waals surface area contributed by atoms with Gasteiger partial charge in [-0.15, -0.1) is 0 Å². The van der Waals surface area contributed by atoms with Crippen molar-refractivity contribution in [3.05, 3.63) is 18.0 Å². The van der Waals surface area contributed by atoms with Crippen LogP contribution in [0.4, 0.5) is 5.95 Å². The van der Waals surface area contributed by atoms with Crippen LogP contribution in [0.15, 0.2) is 12.4 Å². The lowest BCUT2D eigenvalue weighted by molar-refractivity contribution is 0.116. The summed E-state index contributed by atoms with van der Waals surface area (Å²) in [6.07, 6.45) is 6.41. The van der Waals surface area contributed by atoms with E-state index < -0.39 is 0 Å². The second kappa shape index (κ2) is 6.66. The fraction of sp³-hybridized carbons (Fsp3) is 0.692. The Bertz CT molecular complexity index is 349. The van der Waals surface area contributed by atoms with E-state index in [0.717, 1.165) is 44.2 Å². The molecule has 1 unspecified atom stereocenters. The first kappa shape index (κ1) is 13.2. The monoisotopic (exact) mass is 250 g/mol. The molecule has 1 saturated heterocycles. The molecule has 2 heterocycles. The van der Waals surface area contributed by atoms with E-state index in [4.69, 9.17) is 4.74 Å². The number of hydrogen-bond donors (Lipinski definition) is 1. The Labute approximate surface area is 109 Å². The second-order valence-electron chi connectivity index (χ2n) is 4.69. The number of likely N-dealkylation sites (N-methyl/N-ethyl adjacent to an activating group) is 1. The van der Waals surface area contributed by atoms with Crippen molar-refractivity contribution in [1.82, 2.24) is 15.3 Å². The van der Waals surface area contributed by atoms with Gasteiger partial charge >= 0.3 is 0 Å². The molecule has 1 aliphatic heterocycles. The molecule has 1 aliphatic rings. The van der Waals surface area contributed by atoms with E-state index in [1.165, 1.54) is 6.42 Å². The third-order valence-electron chi connectivity index (χ3n) is 3.11. The van der Waals surface area contributed by atoms with E-state index in [0.29, 0.717) is 6.10 Å². The van der Waals surface area contributed by atoms with E-state index in [1.54, 1.807) is 0 Å². The second-order valence-corrected chi connectivity index (χ2v) is 4.69. The molecule has 0 amide bonds. The zero-order valence-electron chi connectivity index (χ0n) is 11.2. The molecule has 100 valence electrons. The minimum atomic E-state index is 0.333. The minimum Gasteiger partial charge on any atom is -0.376 e. The maximum atomic E-state index is 5.61. The predicted octanol–water partition coefficient (Wildman–Crippen LogP) is 1.20. The summed E-state index contributed by atoms with van der Waals surface area (Å²) in [5, 5.41) is 3.26. The predicted molar refractivity (Wildman–Crippen MR) is 71.7 cm³/mol. The lowest BCUT2D eigenvalue weighted by atomic mass is 10.2. The summed E-state index contributed by atoms with van der Waals surface area (Å²) in [7, 11) is 2.01. The summed E-state index contributed by atoms with van der Waals surface area (Å²) in [4.78, 5) is 10.8. The molecule has 0 aromatic carbocycles. The zero-order valence-corrected chi connectivity index (χ0v) is 11.2. The third-order valence-corrected chi connectivity index (χ3v) is 3.11. The van der Waals surface area contributed by atoms with Crippen LogP contribution in [0.2, 0.25) is 0 Å². The highest BCUT2D eigenvalue weighted by Crippen LogP contribution is 2.15. The summed E-state index contributed by atoms with van der Waals surface area (Å²) < 4.78 is 5.61. The number of aromatic nitrogens is 2. The largest absolute Gasteiger partial charge is 0.376 e. The molecule has 1 N–H and O–H groups in total. The molecule has 0 radical (unpaired) electrons. The van der Waals surface area contributed by atoms with Gasteiger partial charge in [0.2, 0.25) is 5.95 Å². The van der Waals surface area contributed by atoms with Crippen molar-refractivity contribution >= 4 is 5.95 Å². The number of rotatable bonds is 6. The molecule has 5 heteroatoms. The van der Waals surface area contributed by atoms with Gasteiger partial charge in [0.15, 0.2) is 0 Å². The highest BCUT2D eigenvalue weighted by atomic mass is 16.5. The molecule has 0 saturated carbocycles. The van der Waals surface area contributed by atoms with Gasteiger partial charge in [-0.05, 0) is 19.4 Å².